The smallest absolute Gasteiger partial charge is 0.319 e. The highest BCUT2D eigenvalue weighted by Gasteiger charge is 2.43. The lowest BCUT2D eigenvalue weighted by atomic mass is 9.90. The molecule has 2 amide bonds. The van der Waals surface area contributed by atoms with Crippen molar-refractivity contribution in [2.45, 2.75) is 59.0 Å². The standard InChI is InChI=1S/C24H33N5O2/c1-16(2)13-24(4)21(30)29(22(25)28-24)15-19-11-9-18(10-12-19)14-26-23(31)27-20-8-6-5-7-17(20)3/h5-12,16,21,30H,13-15H2,1-4H3,(H2,25,28)(H2,26,27,31). The quantitative estimate of drug-likeness (QED) is 0.547. The summed E-state index contributed by atoms with van der Waals surface area (Å²) < 4.78 is 0. The number of para-hydroxylation sites is 1. The third-order valence-electron chi connectivity index (χ3n) is 5.56. The Morgan fingerprint density at radius 3 is 2.48 bits per heavy atom. The predicted molar refractivity (Wildman–Crippen MR) is 125 cm³/mol. The molecule has 2 aromatic carbocycles. The van der Waals surface area contributed by atoms with Gasteiger partial charge in [0.05, 0.1) is 0 Å². The van der Waals surface area contributed by atoms with Crippen LogP contribution in [0.5, 0.6) is 0 Å². The number of nitrogens with zero attached hydrogens (tertiary/aromatic N) is 2. The molecular weight excluding hydrogens is 390 g/mol. The Kier molecular flexibility index (Phi) is 6.85. The van der Waals surface area contributed by atoms with Crippen LogP contribution in [0.2, 0.25) is 0 Å². The molecule has 0 saturated heterocycles. The number of aliphatic imine (C=N–C) groups is 1. The topological polar surface area (TPSA) is 103 Å². The number of amides is 2. The van der Waals surface area contributed by atoms with Gasteiger partial charge in [-0.25, -0.2) is 9.79 Å². The van der Waals surface area contributed by atoms with E-state index in [1.165, 1.54) is 0 Å². The summed E-state index contributed by atoms with van der Waals surface area (Å²) in [6, 6.07) is 15.3. The van der Waals surface area contributed by atoms with Gasteiger partial charge in [0.25, 0.3) is 0 Å². The van der Waals surface area contributed by atoms with Crippen molar-refractivity contribution in [1.82, 2.24) is 10.2 Å². The molecule has 3 rings (SSSR count). The summed E-state index contributed by atoms with van der Waals surface area (Å²) in [4.78, 5) is 18.4. The van der Waals surface area contributed by atoms with Gasteiger partial charge in [0, 0.05) is 18.8 Å². The van der Waals surface area contributed by atoms with Gasteiger partial charge in [-0.05, 0) is 48.9 Å². The van der Waals surface area contributed by atoms with Gasteiger partial charge in [-0.15, -0.1) is 0 Å². The van der Waals surface area contributed by atoms with Gasteiger partial charge in [0.2, 0.25) is 0 Å². The molecule has 31 heavy (non-hydrogen) atoms. The Labute approximate surface area is 184 Å². The van der Waals surface area contributed by atoms with Crippen molar-refractivity contribution >= 4 is 17.7 Å². The van der Waals surface area contributed by atoms with E-state index in [-0.39, 0.29) is 6.03 Å². The molecule has 0 aromatic heterocycles. The molecular formula is C24H33N5O2. The third-order valence-corrected chi connectivity index (χ3v) is 5.56. The molecule has 1 aliphatic heterocycles. The molecule has 0 saturated carbocycles. The first kappa shape index (κ1) is 22.6. The van der Waals surface area contributed by atoms with E-state index in [0.717, 1.165) is 28.8 Å². The fourth-order valence-electron chi connectivity index (χ4n) is 4.01. The summed E-state index contributed by atoms with van der Waals surface area (Å²) in [6.07, 6.45) is 0.0157. The second-order valence-corrected chi connectivity index (χ2v) is 8.87. The van der Waals surface area contributed by atoms with Crippen LogP contribution in [-0.4, -0.2) is 33.8 Å². The number of aryl methyl sites for hydroxylation is 1. The highest BCUT2D eigenvalue weighted by molar-refractivity contribution is 5.90. The number of hydrogen-bond donors (Lipinski definition) is 4. The largest absolute Gasteiger partial charge is 0.371 e. The lowest BCUT2D eigenvalue weighted by Crippen LogP contribution is -2.47. The summed E-state index contributed by atoms with van der Waals surface area (Å²) in [6.45, 7) is 9.02. The monoisotopic (exact) mass is 423 g/mol. The van der Waals surface area contributed by atoms with Crippen molar-refractivity contribution in [2.75, 3.05) is 5.32 Å². The highest BCUT2D eigenvalue weighted by Crippen LogP contribution is 2.32. The van der Waals surface area contributed by atoms with Gasteiger partial charge in [-0.3, -0.25) is 0 Å². The number of aliphatic hydroxyl groups is 1. The first-order valence-electron chi connectivity index (χ1n) is 10.7. The zero-order valence-electron chi connectivity index (χ0n) is 18.7. The molecule has 0 radical (unpaired) electrons. The van der Waals surface area contributed by atoms with Crippen LogP contribution in [0.15, 0.2) is 53.5 Å². The van der Waals surface area contributed by atoms with E-state index in [4.69, 9.17) is 5.73 Å². The van der Waals surface area contributed by atoms with Crippen LogP contribution in [-0.2, 0) is 13.1 Å². The number of nitrogens with two attached hydrogens (primary N) is 1. The zero-order valence-corrected chi connectivity index (χ0v) is 18.7. The molecule has 0 bridgehead atoms. The maximum absolute atomic E-state index is 12.2. The lowest BCUT2D eigenvalue weighted by Gasteiger charge is -2.32. The molecule has 1 aliphatic rings. The van der Waals surface area contributed by atoms with E-state index in [0.29, 0.717) is 25.0 Å². The van der Waals surface area contributed by atoms with Crippen molar-refractivity contribution < 1.29 is 9.90 Å². The van der Waals surface area contributed by atoms with Gasteiger partial charge in [-0.1, -0.05) is 56.3 Å². The number of aliphatic hydroxyl groups excluding tert-OH is 1. The Morgan fingerprint density at radius 2 is 1.84 bits per heavy atom. The summed E-state index contributed by atoms with van der Waals surface area (Å²) >= 11 is 0. The van der Waals surface area contributed by atoms with Crippen molar-refractivity contribution in [2.24, 2.45) is 16.6 Å². The summed E-state index contributed by atoms with van der Waals surface area (Å²) in [5.41, 5.74) is 9.33. The second-order valence-electron chi connectivity index (χ2n) is 8.87. The second kappa shape index (κ2) is 9.39. The SMILES string of the molecule is Cc1ccccc1NC(=O)NCc1ccc(CN2C(N)=NC(C)(CC(C)C)C2O)cc1. The summed E-state index contributed by atoms with van der Waals surface area (Å²) in [5.74, 6) is 0.778. The minimum atomic E-state index is -0.749. The third kappa shape index (κ3) is 5.55. The van der Waals surface area contributed by atoms with Gasteiger partial charge >= 0.3 is 6.03 Å². The summed E-state index contributed by atoms with van der Waals surface area (Å²) in [5, 5.41) is 16.5. The van der Waals surface area contributed by atoms with E-state index in [9.17, 15) is 9.90 Å². The molecule has 2 unspecified atom stereocenters. The van der Waals surface area contributed by atoms with Crippen LogP contribution in [0.25, 0.3) is 0 Å². The van der Waals surface area contributed by atoms with Crippen LogP contribution in [0.1, 0.15) is 43.9 Å². The number of guanidine groups is 1. The number of nitrogens with one attached hydrogen (secondary N) is 2. The van der Waals surface area contributed by atoms with Crippen LogP contribution < -0.4 is 16.4 Å². The minimum absolute atomic E-state index is 0.244. The summed E-state index contributed by atoms with van der Waals surface area (Å²) in [7, 11) is 0. The molecule has 0 spiro atoms. The van der Waals surface area contributed by atoms with Crippen LogP contribution in [0.4, 0.5) is 10.5 Å². The first-order chi connectivity index (χ1) is 14.7. The molecule has 7 nitrogen and oxygen atoms in total. The molecule has 7 heteroatoms. The normalized spacial score (nSPS) is 20.6. The molecule has 5 N–H and O–H groups in total. The molecule has 2 atom stereocenters. The zero-order chi connectivity index (χ0) is 22.6. The van der Waals surface area contributed by atoms with Crippen molar-refractivity contribution in [3.8, 4) is 0 Å². The number of carbonyl (C=O) groups excluding carboxylic acids is 1. The number of carbonyl (C=O) groups is 1. The average molecular weight is 424 g/mol. The molecule has 0 fully saturated rings. The maximum Gasteiger partial charge on any atom is 0.319 e. The Morgan fingerprint density at radius 1 is 1.19 bits per heavy atom. The van der Waals surface area contributed by atoms with Gasteiger partial charge in [0.15, 0.2) is 12.2 Å². The number of rotatable bonds is 7. The fraction of sp³-hybridized carbons (Fsp3) is 0.417. The van der Waals surface area contributed by atoms with Crippen LogP contribution in [0.3, 0.4) is 0 Å². The van der Waals surface area contributed by atoms with Gasteiger partial charge in [-0.2, -0.15) is 0 Å². The van der Waals surface area contributed by atoms with Crippen molar-refractivity contribution in [3.63, 3.8) is 0 Å². The lowest BCUT2D eigenvalue weighted by molar-refractivity contribution is 0.000219. The molecule has 0 aliphatic carbocycles. The van der Waals surface area contributed by atoms with E-state index in [1.54, 1.807) is 4.90 Å². The van der Waals surface area contributed by atoms with E-state index in [1.807, 2.05) is 62.4 Å². The minimum Gasteiger partial charge on any atom is -0.371 e. The number of benzene rings is 2. The Bertz CT molecular complexity index is 941. The van der Waals surface area contributed by atoms with Crippen molar-refractivity contribution in [3.05, 3.63) is 65.2 Å². The van der Waals surface area contributed by atoms with E-state index < -0.39 is 11.8 Å². The highest BCUT2D eigenvalue weighted by atomic mass is 16.3. The predicted octanol–water partition coefficient (Wildman–Crippen LogP) is 3.57. The number of anilines is 1. The van der Waals surface area contributed by atoms with Crippen LogP contribution in [0, 0.1) is 12.8 Å². The van der Waals surface area contributed by atoms with Gasteiger partial charge < -0.3 is 26.4 Å². The first-order valence-corrected chi connectivity index (χ1v) is 10.7. The van der Waals surface area contributed by atoms with Crippen molar-refractivity contribution in [1.29, 1.82) is 0 Å². The molecule has 1 heterocycles. The molecule has 2 aromatic rings. The maximum atomic E-state index is 12.2. The van der Waals surface area contributed by atoms with Gasteiger partial charge in [0.1, 0.15) is 5.54 Å². The van der Waals surface area contributed by atoms with E-state index in [2.05, 4.69) is 29.5 Å². The number of hydrogen-bond acceptors (Lipinski definition) is 5. The van der Waals surface area contributed by atoms with E-state index >= 15 is 0 Å². The Balaban J connectivity index is 1.54. The fourth-order valence-corrected chi connectivity index (χ4v) is 4.01. The number of urea groups is 1. The average Bonchev–Trinajstić information content (AvgIpc) is 2.91. The Hall–Kier alpha value is -3.06. The van der Waals surface area contributed by atoms with Crippen LogP contribution >= 0.6 is 0 Å². The molecule has 166 valence electrons.